The van der Waals surface area contributed by atoms with Gasteiger partial charge < -0.3 is 9.47 Å². The highest BCUT2D eigenvalue weighted by Gasteiger charge is 2.03. The molecule has 1 aromatic carbocycles. The van der Waals surface area contributed by atoms with E-state index in [4.69, 9.17) is 9.47 Å². The zero-order chi connectivity index (χ0) is 11.8. The first kappa shape index (κ1) is 12.6. The summed E-state index contributed by atoms with van der Waals surface area (Å²) in [5.41, 5.74) is 0. The second-order valence-electron chi connectivity index (χ2n) is 3.54. The Morgan fingerprint density at radius 3 is 2.25 bits per heavy atom. The fourth-order valence-electron chi connectivity index (χ4n) is 1.21. The molecule has 0 saturated carbocycles. The highest BCUT2D eigenvalue weighted by molar-refractivity contribution is 5.72. The normalized spacial score (nSPS) is 9.88. The third-order valence-corrected chi connectivity index (χ3v) is 1.98. The molecule has 0 aliphatic rings. The summed E-state index contributed by atoms with van der Waals surface area (Å²) in [6.45, 7) is 4.71. The lowest BCUT2D eigenvalue weighted by Crippen LogP contribution is -2.06. The third kappa shape index (κ3) is 4.34. The molecule has 0 aromatic heterocycles. The van der Waals surface area contributed by atoms with Crippen LogP contribution in [-0.4, -0.2) is 12.6 Å². The van der Waals surface area contributed by atoms with Crippen LogP contribution in [0.1, 0.15) is 33.1 Å². The van der Waals surface area contributed by atoms with E-state index < -0.39 is 0 Å². The Hall–Kier alpha value is -1.51. The van der Waals surface area contributed by atoms with Gasteiger partial charge in [0.05, 0.1) is 6.61 Å². The minimum atomic E-state index is -0.190. The van der Waals surface area contributed by atoms with Crippen LogP contribution in [0.3, 0.4) is 0 Å². The van der Waals surface area contributed by atoms with Crippen LogP contribution in [0, 0.1) is 0 Å². The van der Waals surface area contributed by atoms with Gasteiger partial charge in [-0.05, 0) is 37.1 Å². The van der Waals surface area contributed by atoms with E-state index in [-0.39, 0.29) is 5.97 Å². The maximum atomic E-state index is 11.2. The number of esters is 1. The number of rotatable bonds is 6. The molecule has 0 radical (unpaired) electrons. The molecule has 0 amide bonds. The van der Waals surface area contributed by atoms with Gasteiger partial charge in [0, 0.05) is 6.42 Å². The summed E-state index contributed by atoms with van der Waals surface area (Å²) in [6.07, 6.45) is 2.23. The van der Waals surface area contributed by atoms with Crippen LogP contribution in [0.15, 0.2) is 24.3 Å². The number of carbonyl (C=O) groups is 1. The van der Waals surface area contributed by atoms with E-state index in [9.17, 15) is 4.79 Å². The maximum absolute atomic E-state index is 11.2. The predicted molar refractivity (Wildman–Crippen MR) is 62.8 cm³/mol. The van der Waals surface area contributed by atoms with Gasteiger partial charge in [-0.15, -0.1) is 0 Å². The molecule has 16 heavy (non-hydrogen) atoms. The average Bonchev–Trinajstić information content (AvgIpc) is 2.28. The lowest BCUT2D eigenvalue weighted by Gasteiger charge is -2.06. The van der Waals surface area contributed by atoms with Gasteiger partial charge in [0.2, 0.25) is 0 Å². The van der Waals surface area contributed by atoms with Crippen molar-refractivity contribution in [3.05, 3.63) is 24.3 Å². The van der Waals surface area contributed by atoms with Crippen LogP contribution < -0.4 is 9.47 Å². The van der Waals surface area contributed by atoms with E-state index in [0.717, 1.165) is 18.6 Å². The van der Waals surface area contributed by atoms with E-state index in [1.807, 2.05) is 19.1 Å². The maximum Gasteiger partial charge on any atom is 0.311 e. The zero-order valence-electron chi connectivity index (χ0n) is 9.86. The molecule has 0 aliphatic heterocycles. The van der Waals surface area contributed by atoms with E-state index in [2.05, 4.69) is 6.92 Å². The van der Waals surface area contributed by atoms with Crippen LogP contribution >= 0.6 is 0 Å². The minimum Gasteiger partial charge on any atom is -0.494 e. The van der Waals surface area contributed by atoms with Crippen molar-refractivity contribution in [1.29, 1.82) is 0 Å². The molecule has 0 saturated heterocycles. The average molecular weight is 222 g/mol. The molecule has 3 nitrogen and oxygen atoms in total. The molecular weight excluding hydrogens is 204 g/mol. The minimum absolute atomic E-state index is 0.190. The zero-order valence-corrected chi connectivity index (χ0v) is 9.86. The van der Waals surface area contributed by atoms with Crippen LogP contribution in [0.2, 0.25) is 0 Å². The third-order valence-electron chi connectivity index (χ3n) is 1.98. The van der Waals surface area contributed by atoms with Crippen molar-refractivity contribution < 1.29 is 14.3 Å². The van der Waals surface area contributed by atoms with Crippen molar-refractivity contribution in [3.63, 3.8) is 0 Å². The topological polar surface area (TPSA) is 35.5 Å². The Morgan fingerprint density at radius 1 is 1.06 bits per heavy atom. The van der Waals surface area contributed by atoms with Gasteiger partial charge in [0.15, 0.2) is 0 Å². The standard InChI is InChI=1S/C13H18O3/c1-3-5-13(14)16-12-8-6-11(7-9-12)15-10-4-2/h6-9H,3-5,10H2,1-2H3. The summed E-state index contributed by atoms with van der Waals surface area (Å²) in [6, 6.07) is 7.12. The lowest BCUT2D eigenvalue weighted by atomic mass is 10.3. The molecule has 0 unspecified atom stereocenters. The van der Waals surface area contributed by atoms with Gasteiger partial charge in [0.1, 0.15) is 11.5 Å². The van der Waals surface area contributed by atoms with Gasteiger partial charge in [-0.2, -0.15) is 0 Å². The fourth-order valence-corrected chi connectivity index (χ4v) is 1.21. The number of hydrogen-bond acceptors (Lipinski definition) is 3. The summed E-state index contributed by atoms with van der Waals surface area (Å²) in [5.74, 6) is 1.18. The SMILES string of the molecule is CCCOc1ccc(OC(=O)CCC)cc1. The lowest BCUT2D eigenvalue weighted by molar-refractivity contribution is -0.134. The summed E-state index contributed by atoms with van der Waals surface area (Å²) < 4.78 is 10.5. The van der Waals surface area contributed by atoms with Crippen molar-refractivity contribution in [3.8, 4) is 11.5 Å². The molecule has 0 fully saturated rings. The van der Waals surface area contributed by atoms with Crippen molar-refractivity contribution in [2.45, 2.75) is 33.1 Å². The number of ether oxygens (including phenoxy) is 2. The highest BCUT2D eigenvalue weighted by Crippen LogP contribution is 2.18. The highest BCUT2D eigenvalue weighted by atomic mass is 16.5. The molecule has 0 atom stereocenters. The van der Waals surface area contributed by atoms with Crippen molar-refractivity contribution in [2.75, 3.05) is 6.61 Å². The van der Waals surface area contributed by atoms with Gasteiger partial charge >= 0.3 is 5.97 Å². The first-order chi connectivity index (χ1) is 7.76. The molecule has 3 heteroatoms. The first-order valence-corrected chi connectivity index (χ1v) is 5.69. The Kier molecular flexibility index (Phi) is 5.40. The molecule has 1 rings (SSSR count). The van der Waals surface area contributed by atoms with E-state index in [0.29, 0.717) is 18.8 Å². The van der Waals surface area contributed by atoms with Gasteiger partial charge in [0.25, 0.3) is 0 Å². The van der Waals surface area contributed by atoms with E-state index in [1.165, 1.54) is 0 Å². The van der Waals surface area contributed by atoms with Crippen LogP contribution in [0.4, 0.5) is 0 Å². The van der Waals surface area contributed by atoms with Crippen molar-refractivity contribution >= 4 is 5.97 Å². The number of hydrogen-bond donors (Lipinski definition) is 0. The number of benzene rings is 1. The molecule has 1 aromatic rings. The second-order valence-corrected chi connectivity index (χ2v) is 3.54. The van der Waals surface area contributed by atoms with Gasteiger partial charge in [-0.25, -0.2) is 0 Å². The monoisotopic (exact) mass is 222 g/mol. The van der Waals surface area contributed by atoms with Crippen LogP contribution in [0.25, 0.3) is 0 Å². The summed E-state index contributed by atoms with van der Waals surface area (Å²) in [5, 5.41) is 0. The summed E-state index contributed by atoms with van der Waals surface area (Å²) in [4.78, 5) is 11.2. The van der Waals surface area contributed by atoms with Gasteiger partial charge in [-0.1, -0.05) is 13.8 Å². The molecule has 0 heterocycles. The number of carbonyl (C=O) groups excluding carboxylic acids is 1. The van der Waals surface area contributed by atoms with Gasteiger partial charge in [-0.3, -0.25) is 4.79 Å². The van der Waals surface area contributed by atoms with Crippen LogP contribution in [0.5, 0.6) is 11.5 Å². The Bertz CT molecular complexity index is 316. The first-order valence-electron chi connectivity index (χ1n) is 5.69. The molecule has 88 valence electrons. The Balaban J connectivity index is 2.47. The predicted octanol–water partition coefficient (Wildman–Crippen LogP) is 3.18. The van der Waals surface area contributed by atoms with Crippen molar-refractivity contribution in [2.24, 2.45) is 0 Å². The smallest absolute Gasteiger partial charge is 0.311 e. The summed E-state index contributed by atoms with van der Waals surface area (Å²) >= 11 is 0. The molecule has 0 bridgehead atoms. The molecule has 0 N–H and O–H groups in total. The van der Waals surface area contributed by atoms with E-state index in [1.54, 1.807) is 12.1 Å². The Morgan fingerprint density at radius 2 is 1.69 bits per heavy atom. The largest absolute Gasteiger partial charge is 0.494 e. The Labute approximate surface area is 96.4 Å². The fraction of sp³-hybridized carbons (Fsp3) is 0.462. The van der Waals surface area contributed by atoms with E-state index >= 15 is 0 Å². The molecular formula is C13H18O3. The van der Waals surface area contributed by atoms with Crippen LogP contribution in [-0.2, 0) is 4.79 Å². The second kappa shape index (κ2) is 6.88. The molecule has 0 spiro atoms. The van der Waals surface area contributed by atoms with Crippen molar-refractivity contribution in [1.82, 2.24) is 0 Å². The summed E-state index contributed by atoms with van der Waals surface area (Å²) in [7, 11) is 0. The quantitative estimate of drug-likeness (QED) is 0.547. The molecule has 0 aliphatic carbocycles.